The summed E-state index contributed by atoms with van der Waals surface area (Å²) in [5, 5.41) is 0. The summed E-state index contributed by atoms with van der Waals surface area (Å²) in [7, 11) is 0. The quantitative estimate of drug-likeness (QED) is 0.313. The third-order valence-electron chi connectivity index (χ3n) is 9.55. The lowest BCUT2D eigenvalue weighted by molar-refractivity contribution is -0.283. The van der Waals surface area contributed by atoms with Gasteiger partial charge in [0.2, 0.25) is 0 Å². The zero-order chi connectivity index (χ0) is 27.7. The summed E-state index contributed by atoms with van der Waals surface area (Å²) in [6.45, 7) is 15.3. The molecule has 4 rings (SSSR count). The molecule has 204 valence electrons. The highest BCUT2D eigenvalue weighted by atomic mass is 16.6. The van der Waals surface area contributed by atoms with E-state index in [1.807, 2.05) is 20.8 Å². The number of Topliss-reactive ketones (excluding diaryl/α,β-unsaturated/α-hetero) is 1. The second-order valence-electron chi connectivity index (χ2n) is 12.2. The fraction of sp³-hybridized carbons (Fsp3) is 0.750. The Kier molecular flexibility index (Phi) is 6.61. The third kappa shape index (κ3) is 4.00. The summed E-state index contributed by atoms with van der Waals surface area (Å²) >= 11 is 0. The Balaban J connectivity index is 2.00. The molecule has 0 heterocycles. The Morgan fingerprint density at radius 1 is 0.865 bits per heavy atom. The summed E-state index contributed by atoms with van der Waals surface area (Å²) in [4.78, 5) is 63.4. The molecule has 0 aromatic heterocycles. The Bertz CT molecular complexity index is 1060. The van der Waals surface area contributed by atoms with Crippen LogP contribution in [0.4, 0.5) is 0 Å². The van der Waals surface area contributed by atoms with Gasteiger partial charge in [-0.05, 0) is 36.2 Å². The predicted molar refractivity (Wildman–Crippen MR) is 130 cm³/mol. The van der Waals surface area contributed by atoms with E-state index in [4.69, 9.17) is 18.9 Å². The highest BCUT2D eigenvalue weighted by Gasteiger charge is 2.78. The molecule has 9 atom stereocenters. The van der Waals surface area contributed by atoms with Gasteiger partial charge in [-0.25, -0.2) is 0 Å². The number of esters is 4. The van der Waals surface area contributed by atoms with Crippen molar-refractivity contribution in [2.45, 2.75) is 98.6 Å². The van der Waals surface area contributed by atoms with E-state index in [1.165, 1.54) is 27.7 Å². The Labute approximate surface area is 217 Å². The van der Waals surface area contributed by atoms with Crippen molar-refractivity contribution in [3.05, 3.63) is 12.2 Å². The molecule has 0 aliphatic heterocycles. The first-order valence-corrected chi connectivity index (χ1v) is 13.0. The lowest BCUT2D eigenvalue weighted by Crippen LogP contribution is -2.74. The molecule has 0 N–H and O–H groups in total. The van der Waals surface area contributed by atoms with Crippen molar-refractivity contribution in [2.24, 2.45) is 34.0 Å². The second-order valence-corrected chi connectivity index (χ2v) is 12.2. The molecular weight excluding hydrogens is 480 g/mol. The first-order chi connectivity index (χ1) is 17.1. The van der Waals surface area contributed by atoms with Crippen LogP contribution in [0.2, 0.25) is 0 Å². The van der Waals surface area contributed by atoms with E-state index in [0.29, 0.717) is 24.8 Å². The van der Waals surface area contributed by atoms with Gasteiger partial charge in [0.25, 0.3) is 0 Å². The van der Waals surface area contributed by atoms with Crippen molar-refractivity contribution >= 4 is 29.7 Å². The highest BCUT2D eigenvalue weighted by Crippen LogP contribution is 2.72. The van der Waals surface area contributed by atoms with Crippen LogP contribution in [0.1, 0.15) is 74.1 Å². The SMILES string of the molecule is C=C1[C@H]2CC(=O)[C@H]3[C@@]4(C)CC[C@H](OC(C)=O)C(C)(C)[C@H]4[C@@H](OC(C)=O)[C@H](OC(C)=O)[C@]3(C2)[C@@H]1OC(C)=O. The molecule has 4 aliphatic rings. The molecule has 4 fully saturated rings. The Morgan fingerprint density at radius 2 is 1.43 bits per heavy atom. The second kappa shape index (κ2) is 8.95. The van der Waals surface area contributed by atoms with Crippen LogP contribution < -0.4 is 0 Å². The van der Waals surface area contributed by atoms with Crippen molar-refractivity contribution in [1.82, 2.24) is 0 Å². The molecule has 0 amide bonds. The van der Waals surface area contributed by atoms with Gasteiger partial charge in [0.1, 0.15) is 30.2 Å². The maximum Gasteiger partial charge on any atom is 0.303 e. The van der Waals surface area contributed by atoms with Gasteiger partial charge in [0.15, 0.2) is 0 Å². The minimum absolute atomic E-state index is 0.000264. The van der Waals surface area contributed by atoms with Crippen LogP contribution in [0.15, 0.2) is 12.2 Å². The van der Waals surface area contributed by atoms with E-state index in [0.717, 1.165) is 0 Å². The highest BCUT2D eigenvalue weighted by molar-refractivity contribution is 5.86. The van der Waals surface area contributed by atoms with Crippen LogP contribution >= 0.6 is 0 Å². The lowest BCUT2D eigenvalue weighted by atomic mass is 9.38. The molecule has 0 radical (unpaired) electrons. The minimum atomic E-state index is -1.13. The largest absolute Gasteiger partial charge is 0.462 e. The molecule has 9 nitrogen and oxygen atoms in total. The Morgan fingerprint density at radius 3 is 1.97 bits per heavy atom. The topological polar surface area (TPSA) is 122 Å². The van der Waals surface area contributed by atoms with E-state index >= 15 is 0 Å². The lowest BCUT2D eigenvalue weighted by Gasteiger charge is -2.67. The molecule has 2 bridgehead atoms. The first kappa shape index (κ1) is 27.3. The maximum atomic E-state index is 14.0. The molecule has 0 unspecified atom stereocenters. The van der Waals surface area contributed by atoms with Crippen LogP contribution in [-0.2, 0) is 42.9 Å². The van der Waals surface area contributed by atoms with Gasteiger partial charge in [-0.2, -0.15) is 0 Å². The number of rotatable bonds is 4. The molecule has 0 saturated heterocycles. The van der Waals surface area contributed by atoms with Gasteiger partial charge in [-0.15, -0.1) is 0 Å². The van der Waals surface area contributed by atoms with E-state index < -0.39 is 76.4 Å². The van der Waals surface area contributed by atoms with Gasteiger partial charge in [0.05, 0.1) is 5.41 Å². The maximum absolute atomic E-state index is 14.0. The van der Waals surface area contributed by atoms with Crippen molar-refractivity contribution in [1.29, 1.82) is 0 Å². The van der Waals surface area contributed by atoms with Crippen molar-refractivity contribution in [3.63, 3.8) is 0 Å². The molecule has 9 heteroatoms. The monoisotopic (exact) mass is 518 g/mol. The summed E-state index contributed by atoms with van der Waals surface area (Å²) in [5.74, 6) is -3.52. The van der Waals surface area contributed by atoms with Crippen LogP contribution in [0.3, 0.4) is 0 Å². The van der Waals surface area contributed by atoms with Gasteiger partial charge in [-0.3, -0.25) is 24.0 Å². The van der Waals surface area contributed by atoms with Gasteiger partial charge in [-0.1, -0.05) is 27.4 Å². The number of hydrogen-bond donors (Lipinski definition) is 0. The zero-order valence-electron chi connectivity index (χ0n) is 22.8. The third-order valence-corrected chi connectivity index (χ3v) is 9.55. The smallest absolute Gasteiger partial charge is 0.303 e. The molecule has 4 saturated carbocycles. The fourth-order valence-corrected chi connectivity index (χ4v) is 8.83. The summed E-state index contributed by atoms with van der Waals surface area (Å²) in [5.41, 5.74) is -1.99. The van der Waals surface area contributed by atoms with Gasteiger partial charge >= 0.3 is 23.9 Å². The molecule has 4 aliphatic carbocycles. The summed E-state index contributed by atoms with van der Waals surface area (Å²) < 4.78 is 23.6. The molecule has 37 heavy (non-hydrogen) atoms. The number of hydrogen-bond acceptors (Lipinski definition) is 9. The number of fused-ring (bicyclic) bond motifs is 3. The molecule has 1 spiro atoms. The van der Waals surface area contributed by atoms with E-state index in [9.17, 15) is 24.0 Å². The van der Waals surface area contributed by atoms with Crippen LogP contribution in [-0.4, -0.2) is 54.1 Å². The minimum Gasteiger partial charge on any atom is -0.462 e. The normalized spacial score (nSPS) is 41.6. The fourth-order valence-electron chi connectivity index (χ4n) is 8.83. The standard InChI is InChI=1S/C28H38O9/c1-13-18-11-19(33)22-27(8)10-9-20(34-14(2)29)26(6,7)23(27)21(35-15(3)30)25(37-17(5)32)28(22,12-18)24(13)36-16(4)31/h18,20-25H,1,9-12H2,2-8H3/t18-,20-,21+,22-,23+,24+,25-,27+,28-/m0/s1. The summed E-state index contributed by atoms with van der Waals surface area (Å²) in [6, 6.07) is 0. The van der Waals surface area contributed by atoms with Gasteiger partial charge in [0, 0.05) is 51.4 Å². The molecular formula is C28H38O9. The predicted octanol–water partition coefficient (Wildman–Crippen LogP) is 3.32. The van der Waals surface area contributed by atoms with E-state index in [2.05, 4.69) is 6.58 Å². The van der Waals surface area contributed by atoms with Crippen LogP contribution in [0.5, 0.6) is 0 Å². The van der Waals surface area contributed by atoms with Gasteiger partial charge < -0.3 is 18.9 Å². The number of carbonyl (C=O) groups excluding carboxylic acids is 5. The van der Waals surface area contributed by atoms with Crippen molar-refractivity contribution in [2.75, 3.05) is 0 Å². The average molecular weight is 519 g/mol. The van der Waals surface area contributed by atoms with Crippen LogP contribution in [0.25, 0.3) is 0 Å². The van der Waals surface area contributed by atoms with E-state index in [1.54, 1.807) is 0 Å². The first-order valence-electron chi connectivity index (χ1n) is 13.0. The molecule has 0 aromatic rings. The van der Waals surface area contributed by atoms with Crippen molar-refractivity contribution < 1.29 is 42.9 Å². The molecule has 0 aromatic carbocycles. The van der Waals surface area contributed by atoms with Crippen LogP contribution in [0, 0.1) is 34.0 Å². The Hall–Kier alpha value is -2.71. The van der Waals surface area contributed by atoms with E-state index in [-0.39, 0.29) is 18.1 Å². The average Bonchev–Trinajstić information content (AvgIpc) is 2.94. The number of carbonyl (C=O) groups is 5. The zero-order valence-corrected chi connectivity index (χ0v) is 22.8. The van der Waals surface area contributed by atoms with Crippen molar-refractivity contribution in [3.8, 4) is 0 Å². The number of ketones is 1. The number of ether oxygens (including phenoxy) is 4. The summed E-state index contributed by atoms with van der Waals surface area (Å²) in [6.07, 6.45) is -1.72.